The number of benzene rings is 1. The molecule has 4 rings (SSSR count). The summed E-state index contributed by atoms with van der Waals surface area (Å²) < 4.78 is 6.63. The van der Waals surface area contributed by atoms with Crippen molar-refractivity contribution in [2.45, 2.75) is 18.2 Å². The van der Waals surface area contributed by atoms with Gasteiger partial charge in [0.2, 0.25) is 5.91 Å². The van der Waals surface area contributed by atoms with E-state index in [0.29, 0.717) is 16.3 Å². The van der Waals surface area contributed by atoms with E-state index >= 15 is 0 Å². The van der Waals surface area contributed by atoms with E-state index in [0.717, 1.165) is 25.3 Å². The summed E-state index contributed by atoms with van der Waals surface area (Å²) in [6.45, 7) is 1.47. The standard InChI is InChI=1S/C18H18N2O3S2/c21-17(12-20-13-4-1-2-5-14(13)23-18(20)22)19-8-7-16(25-11-9-19)15-6-3-10-24-15/h1-6,10,16H,7-9,11-12H2/t16-/m1/s1. The third-order valence-corrected chi connectivity index (χ3v) is 6.87. The first-order chi connectivity index (χ1) is 12.2. The summed E-state index contributed by atoms with van der Waals surface area (Å²) in [6.07, 6.45) is 0.942. The van der Waals surface area contributed by atoms with Crippen LogP contribution in [0.5, 0.6) is 0 Å². The number of thioether (sulfide) groups is 1. The first-order valence-electron chi connectivity index (χ1n) is 8.23. The van der Waals surface area contributed by atoms with Crippen LogP contribution in [-0.2, 0) is 11.3 Å². The quantitative estimate of drug-likeness (QED) is 0.705. The number of hydrogen-bond donors (Lipinski definition) is 0. The zero-order chi connectivity index (χ0) is 17.2. The van der Waals surface area contributed by atoms with E-state index in [1.165, 1.54) is 9.44 Å². The maximum atomic E-state index is 12.7. The molecule has 1 atom stereocenters. The minimum absolute atomic E-state index is 0.0268. The van der Waals surface area contributed by atoms with Crippen molar-refractivity contribution in [1.82, 2.24) is 9.47 Å². The molecule has 3 heterocycles. The average molecular weight is 374 g/mol. The van der Waals surface area contributed by atoms with Crippen LogP contribution in [0.2, 0.25) is 0 Å². The monoisotopic (exact) mass is 374 g/mol. The lowest BCUT2D eigenvalue weighted by Crippen LogP contribution is -2.37. The highest BCUT2D eigenvalue weighted by Gasteiger charge is 2.23. The third-order valence-electron chi connectivity index (χ3n) is 4.42. The molecule has 25 heavy (non-hydrogen) atoms. The first kappa shape index (κ1) is 16.5. The van der Waals surface area contributed by atoms with Gasteiger partial charge in [0.1, 0.15) is 6.54 Å². The molecular formula is C18H18N2O3S2. The number of aromatic nitrogens is 1. The van der Waals surface area contributed by atoms with Gasteiger partial charge in [-0.3, -0.25) is 9.36 Å². The van der Waals surface area contributed by atoms with Crippen molar-refractivity contribution in [2.24, 2.45) is 0 Å². The normalized spacial score (nSPS) is 18.4. The number of carbonyl (C=O) groups is 1. The van der Waals surface area contributed by atoms with Gasteiger partial charge >= 0.3 is 5.76 Å². The SMILES string of the molecule is O=C(Cn1c(=O)oc2ccccc21)N1CCS[C@@H](c2cccs2)CC1. The minimum atomic E-state index is -0.477. The number of carbonyl (C=O) groups excluding carboxylic acids is 1. The number of oxazole rings is 1. The molecule has 2 aromatic heterocycles. The first-order valence-corrected chi connectivity index (χ1v) is 10.2. The van der Waals surface area contributed by atoms with Gasteiger partial charge in [-0.15, -0.1) is 11.3 Å². The molecule has 7 heteroatoms. The predicted molar refractivity (Wildman–Crippen MR) is 101 cm³/mol. The summed E-state index contributed by atoms with van der Waals surface area (Å²) in [7, 11) is 0. The number of amides is 1. The minimum Gasteiger partial charge on any atom is -0.408 e. The molecule has 1 aliphatic rings. The van der Waals surface area contributed by atoms with Crippen LogP contribution < -0.4 is 5.76 Å². The van der Waals surface area contributed by atoms with Crippen molar-refractivity contribution in [3.05, 3.63) is 57.2 Å². The predicted octanol–water partition coefficient (Wildman–Crippen LogP) is 3.36. The number of fused-ring (bicyclic) bond motifs is 1. The molecule has 5 nitrogen and oxygen atoms in total. The summed E-state index contributed by atoms with van der Waals surface area (Å²) in [4.78, 5) is 28.0. The van der Waals surface area contributed by atoms with Gasteiger partial charge in [0.25, 0.3) is 0 Å². The van der Waals surface area contributed by atoms with Crippen LogP contribution in [0.1, 0.15) is 16.5 Å². The fourth-order valence-electron chi connectivity index (χ4n) is 3.12. The molecular weight excluding hydrogens is 356 g/mol. The second-order valence-electron chi connectivity index (χ2n) is 5.97. The molecule has 130 valence electrons. The Morgan fingerprint density at radius 2 is 2.08 bits per heavy atom. The van der Waals surface area contributed by atoms with E-state index in [4.69, 9.17) is 4.42 Å². The molecule has 0 spiro atoms. The zero-order valence-electron chi connectivity index (χ0n) is 13.6. The van der Waals surface area contributed by atoms with Gasteiger partial charge in [-0.1, -0.05) is 18.2 Å². The fraction of sp³-hybridized carbons (Fsp3) is 0.333. The Labute approximate surface area is 153 Å². The number of para-hydroxylation sites is 2. The maximum absolute atomic E-state index is 12.7. The van der Waals surface area contributed by atoms with Crippen molar-refractivity contribution >= 4 is 40.1 Å². The van der Waals surface area contributed by atoms with E-state index < -0.39 is 5.76 Å². The molecule has 1 fully saturated rings. The largest absolute Gasteiger partial charge is 0.420 e. The van der Waals surface area contributed by atoms with Crippen molar-refractivity contribution < 1.29 is 9.21 Å². The highest BCUT2D eigenvalue weighted by Crippen LogP contribution is 2.36. The van der Waals surface area contributed by atoms with Gasteiger partial charge in [-0.05, 0) is 30.0 Å². The molecule has 1 amide bonds. The summed E-state index contributed by atoms with van der Waals surface area (Å²) in [5, 5.41) is 2.55. The molecule has 0 unspecified atom stereocenters. The van der Waals surface area contributed by atoms with Crippen LogP contribution in [-0.4, -0.2) is 34.2 Å². The van der Waals surface area contributed by atoms with Gasteiger partial charge in [-0.2, -0.15) is 11.8 Å². The maximum Gasteiger partial charge on any atom is 0.420 e. The number of hydrogen-bond acceptors (Lipinski definition) is 5. The van der Waals surface area contributed by atoms with Crippen molar-refractivity contribution in [3.8, 4) is 0 Å². The Balaban J connectivity index is 1.47. The zero-order valence-corrected chi connectivity index (χ0v) is 15.2. The van der Waals surface area contributed by atoms with Crippen molar-refractivity contribution in [2.75, 3.05) is 18.8 Å². The van der Waals surface area contributed by atoms with Gasteiger partial charge in [0, 0.05) is 29.0 Å². The fourth-order valence-corrected chi connectivity index (χ4v) is 5.36. The van der Waals surface area contributed by atoms with Gasteiger partial charge in [0.05, 0.1) is 5.52 Å². The molecule has 3 aromatic rings. The number of nitrogens with zero attached hydrogens (tertiary/aromatic N) is 2. The summed E-state index contributed by atoms with van der Waals surface area (Å²) >= 11 is 3.68. The molecule has 0 saturated carbocycles. The lowest BCUT2D eigenvalue weighted by molar-refractivity contribution is -0.131. The van der Waals surface area contributed by atoms with Crippen LogP contribution >= 0.6 is 23.1 Å². The third kappa shape index (κ3) is 3.39. The van der Waals surface area contributed by atoms with E-state index in [1.54, 1.807) is 23.5 Å². The molecule has 1 aliphatic heterocycles. The van der Waals surface area contributed by atoms with E-state index in [2.05, 4.69) is 17.5 Å². The molecule has 0 radical (unpaired) electrons. The molecule has 0 N–H and O–H groups in total. The lowest BCUT2D eigenvalue weighted by Gasteiger charge is -2.20. The summed E-state index contributed by atoms with van der Waals surface area (Å²) in [6, 6.07) is 11.4. The van der Waals surface area contributed by atoms with Crippen LogP contribution in [0.4, 0.5) is 0 Å². The Bertz CT molecular complexity index is 929. The van der Waals surface area contributed by atoms with Gasteiger partial charge in [-0.25, -0.2) is 4.79 Å². The molecule has 1 saturated heterocycles. The van der Waals surface area contributed by atoms with Crippen molar-refractivity contribution in [1.29, 1.82) is 0 Å². The second-order valence-corrected chi connectivity index (χ2v) is 8.26. The number of thiophene rings is 1. The highest BCUT2D eigenvalue weighted by atomic mass is 32.2. The van der Waals surface area contributed by atoms with Crippen LogP contribution in [0.3, 0.4) is 0 Å². The van der Waals surface area contributed by atoms with Gasteiger partial charge in [0.15, 0.2) is 5.58 Å². The molecule has 0 bridgehead atoms. The van der Waals surface area contributed by atoms with E-state index in [9.17, 15) is 9.59 Å². The van der Waals surface area contributed by atoms with Crippen molar-refractivity contribution in [3.63, 3.8) is 0 Å². The molecule has 1 aromatic carbocycles. The van der Waals surface area contributed by atoms with Gasteiger partial charge < -0.3 is 9.32 Å². The lowest BCUT2D eigenvalue weighted by atomic mass is 10.2. The Kier molecular flexibility index (Phi) is 4.67. The Hall–Kier alpha value is -1.99. The van der Waals surface area contributed by atoms with Crippen LogP contribution in [0.15, 0.2) is 51.0 Å². The highest BCUT2D eigenvalue weighted by molar-refractivity contribution is 7.99. The average Bonchev–Trinajstić information content (AvgIpc) is 3.17. The number of rotatable bonds is 3. The topological polar surface area (TPSA) is 55.5 Å². The van der Waals surface area contributed by atoms with Crippen LogP contribution in [0, 0.1) is 0 Å². The summed E-state index contributed by atoms with van der Waals surface area (Å²) in [5.41, 5.74) is 1.19. The van der Waals surface area contributed by atoms with E-state index in [-0.39, 0.29) is 12.5 Å². The Morgan fingerprint density at radius 3 is 2.92 bits per heavy atom. The Morgan fingerprint density at radius 1 is 1.20 bits per heavy atom. The van der Waals surface area contributed by atoms with Crippen LogP contribution in [0.25, 0.3) is 11.1 Å². The molecule has 0 aliphatic carbocycles. The smallest absolute Gasteiger partial charge is 0.408 e. The summed E-state index contributed by atoms with van der Waals surface area (Å²) in [5.74, 6) is 0.409. The van der Waals surface area contributed by atoms with E-state index in [1.807, 2.05) is 28.8 Å². The second kappa shape index (κ2) is 7.09.